The van der Waals surface area contributed by atoms with Gasteiger partial charge in [0.05, 0.1) is 11.4 Å². The van der Waals surface area contributed by atoms with E-state index >= 15 is 0 Å². The zero-order valence-electron chi connectivity index (χ0n) is 16.0. The van der Waals surface area contributed by atoms with Gasteiger partial charge in [0.25, 0.3) is 0 Å². The third-order valence-electron chi connectivity index (χ3n) is 5.07. The summed E-state index contributed by atoms with van der Waals surface area (Å²) in [7, 11) is 0. The lowest BCUT2D eigenvalue weighted by Gasteiger charge is -2.04. The minimum atomic E-state index is 0.749. The molecule has 0 bridgehead atoms. The maximum absolute atomic E-state index is 4.92. The number of hydrogen-bond acceptors (Lipinski definition) is 4. The fourth-order valence-electron chi connectivity index (χ4n) is 3.68. The van der Waals surface area contributed by atoms with Crippen LogP contribution in [0.5, 0.6) is 0 Å². The maximum Gasteiger partial charge on any atom is 0.209 e. The smallest absolute Gasteiger partial charge is 0.209 e. The van der Waals surface area contributed by atoms with E-state index < -0.39 is 0 Å². The summed E-state index contributed by atoms with van der Waals surface area (Å²) in [5.74, 6) is 1.54. The Morgan fingerprint density at radius 3 is 2.59 bits per heavy atom. The number of nitrogens with zero attached hydrogens (tertiary/aromatic N) is 4. The minimum absolute atomic E-state index is 0.749. The number of H-pyrrole nitrogens is 1. The number of thioether (sulfide) groups is 1. The second-order valence-electron chi connectivity index (χ2n) is 7.01. The van der Waals surface area contributed by atoms with Crippen molar-refractivity contribution in [3.8, 4) is 5.69 Å². The first-order valence-electron chi connectivity index (χ1n) is 9.80. The van der Waals surface area contributed by atoms with Crippen molar-refractivity contribution in [3.05, 3.63) is 89.0 Å². The minimum Gasteiger partial charge on any atom is -0.259 e. The van der Waals surface area contributed by atoms with Crippen LogP contribution in [0.25, 0.3) is 17.8 Å². The highest BCUT2D eigenvalue weighted by molar-refractivity contribution is 7.98. The summed E-state index contributed by atoms with van der Waals surface area (Å²) >= 11 is 1.63. The Labute approximate surface area is 173 Å². The highest BCUT2D eigenvalue weighted by Crippen LogP contribution is 2.31. The summed E-state index contributed by atoms with van der Waals surface area (Å²) < 4.78 is 2.12. The number of fused-ring (bicyclic) bond motifs is 1. The highest BCUT2D eigenvalue weighted by atomic mass is 32.2. The molecule has 5 rings (SSSR count). The van der Waals surface area contributed by atoms with E-state index in [1.54, 1.807) is 11.8 Å². The van der Waals surface area contributed by atoms with Gasteiger partial charge in [-0.15, -0.1) is 5.10 Å². The van der Waals surface area contributed by atoms with Crippen LogP contribution in [-0.2, 0) is 18.6 Å². The van der Waals surface area contributed by atoms with Gasteiger partial charge >= 0.3 is 0 Å². The Kier molecular flexibility index (Phi) is 5.01. The third-order valence-corrected chi connectivity index (χ3v) is 5.93. The van der Waals surface area contributed by atoms with Gasteiger partial charge in [-0.05, 0) is 48.6 Å². The lowest BCUT2D eigenvalue weighted by atomic mass is 10.2. The van der Waals surface area contributed by atoms with Gasteiger partial charge in [-0.25, -0.2) is 9.67 Å². The molecule has 2 aromatic heterocycles. The van der Waals surface area contributed by atoms with E-state index in [0.717, 1.165) is 46.5 Å². The summed E-state index contributed by atoms with van der Waals surface area (Å²) in [6.45, 7) is 0. The van der Waals surface area contributed by atoms with Crippen LogP contribution in [0.15, 0.2) is 65.8 Å². The Bertz CT molecular complexity index is 1130. The average Bonchev–Trinajstić information content (AvgIpc) is 3.49. The van der Waals surface area contributed by atoms with E-state index in [-0.39, 0.29) is 0 Å². The molecule has 0 spiro atoms. The third kappa shape index (κ3) is 3.89. The number of aromatic nitrogens is 5. The molecule has 0 fully saturated rings. The van der Waals surface area contributed by atoms with E-state index in [2.05, 4.69) is 56.3 Å². The fourth-order valence-corrected chi connectivity index (χ4v) is 4.45. The lowest BCUT2D eigenvalue weighted by molar-refractivity contribution is 0.771. The predicted octanol–water partition coefficient (Wildman–Crippen LogP) is 4.94. The molecule has 4 aromatic rings. The summed E-state index contributed by atoms with van der Waals surface area (Å²) in [5, 5.41) is 13.0. The van der Waals surface area contributed by atoms with Crippen LogP contribution in [0.4, 0.5) is 0 Å². The van der Waals surface area contributed by atoms with Crippen LogP contribution in [0.1, 0.15) is 34.8 Å². The van der Waals surface area contributed by atoms with Gasteiger partial charge in [0.1, 0.15) is 5.82 Å². The van der Waals surface area contributed by atoms with Crippen molar-refractivity contribution < 1.29 is 0 Å². The highest BCUT2D eigenvalue weighted by Gasteiger charge is 2.23. The first-order chi connectivity index (χ1) is 14.4. The van der Waals surface area contributed by atoms with E-state index in [9.17, 15) is 0 Å². The van der Waals surface area contributed by atoms with Gasteiger partial charge in [-0.3, -0.25) is 5.10 Å². The molecule has 1 aliphatic rings. The molecule has 0 radical (unpaired) electrons. The molecule has 1 aliphatic carbocycles. The van der Waals surface area contributed by atoms with Gasteiger partial charge in [-0.2, -0.15) is 5.10 Å². The molecule has 0 aliphatic heterocycles. The van der Waals surface area contributed by atoms with Crippen LogP contribution in [0.3, 0.4) is 0 Å². The molecule has 0 amide bonds. The molecule has 1 N–H and O–H groups in total. The summed E-state index contributed by atoms with van der Waals surface area (Å²) in [6.07, 6.45) is 7.39. The summed E-state index contributed by atoms with van der Waals surface area (Å²) in [4.78, 5) is 4.57. The molecule has 2 aromatic carbocycles. The number of nitrogens with one attached hydrogen (secondary N) is 1. The molecule has 29 heavy (non-hydrogen) atoms. The Balaban J connectivity index is 1.30. The van der Waals surface area contributed by atoms with Gasteiger partial charge in [-0.1, -0.05) is 66.4 Å². The van der Waals surface area contributed by atoms with Crippen LogP contribution in [-0.4, -0.2) is 25.0 Å². The second kappa shape index (κ2) is 8.09. The second-order valence-corrected chi connectivity index (χ2v) is 7.95. The fraction of sp³-hybridized carbons (Fsp3) is 0.174. The van der Waals surface area contributed by atoms with Gasteiger partial charge in [0, 0.05) is 11.4 Å². The van der Waals surface area contributed by atoms with Crippen molar-refractivity contribution in [2.75, 3.05) is 0 Å². The van der Waals surface area contributed by atoms with Crippen molar-refractivity contribution in [2.24, 2.45) is 0 Å². The first kappa shape index (κ1) is 17.9. The predicted molar refractivity (Wildman–Crippen MR) is 117 cm³/mol. The van der Waals surface area contributed by atoms with Gasteiger partial charge in [0.15, 0.2) is 0 Å². The maximum atomic E-state index is 4.92. The molecule has 6 heteroatoms. The van der Waals surface area contributed by atoms with Crippen LogP contribution in [0.2, 0.25) is 0 Å². The Morgan fingerprint density at radius 2 is 1.76 bits per heavy atom. The van der Waals surface area contributed by atoms with Gasteiger partial charge < -0.3 is 0 Å². The van der Waals surface area contributed by atoms with Crippen LogP contribution >= 0.6 is 11.8 Å². The molecule has 144 valence electrons. The molecule has 2 heterocycles. The van der Waals surface area contributed by atoms with E-state index in [4.69, 9.17) is 5.10 Å². The topological polar surface area (TPSA) is 59.4 Å². The molecular formula is C23H21N5S. The normalized spacial score (nSPS) is 13.2. The SMILES string of the molecule is C(=C\c1nc(SCc2nn(-c3ccccc3)c3c2CCC3)n[nH]1)/c1ccccc1. The number of rotatable bonds is 6. The number of para-hydroxylation sites is 1. The number of aromatic amines is 1. The monoisotopic (exact) mass is 399 g/mol. The molecule has 0 saturated carbocycles. The Morgan fingerprint density at radius 1 is 0.966 bits per heavy atom. The number of hydrogen-bond donors (Lipinski definition) is 1. The molecule has 0 saturated heterocycles. The molecule has 0 unspecified atom stereocenters. The van der Waals surface area contributed by atoms with Crippen LogP contribution in [0, 0.1) is 0 Å². The largest absolute Gasteiger partial charge is 0.259 e. The van der Waals surface area contributed by atoms with Gasteiger partial charge in [0.2, 0.25) is 5.16 Å². The standard InChI is InChI=1S/C23H21N5S/c1-3-8-17(9-4-1)14-15-22-24-23(26-25-22)29-16-20-19-12-7-13-21(19)28(27-20)18-10-5-2-6-11-18/h1-6,8-11,14-15H,7,12-13,16H2,(H,24,25,26)/b15-14+. The molecule has 5 nitrogen and oxygen atoms in total. The van der Waals surface area contributed by atoms with E-state index in [1.807, 2.05) is 36.4 Å². The molecule has 0 atom stereocenters. The van der Waals surface area contributed by atoms with E-state index in [0.29, 0.717) is 0 Å². The van der Waals surface area contributed by atoms with E-state index in [1.165, 1.54) is 17.7 Å². The van der Waals surface area contributed by atoms with Crippen LogP contribution < -0.4 is 0 Å². The molecular weight excluding hydrogens is 378 g/mol. The number of benzene rings is 2. The zero-order valence-corrected chi connectivity index (χ0v) is 16.8. The summed E-state index contributed by atoms with van der Waals surface area (Å²) in [6, 6.07) is 20.6. The average molecular weight is 400 g/mol. The van der Waals surface area contributed by atoms with Crippen molar-refractivity contribution in [1.82, 2.24) is 25.0 Å². The van der Waals surface area contributed by atoms with Crippen molar-refractivity contribution in [2.45, 2.75) is 30.2 Å². The lowest BCUT2D eigenvalue weighted by Crippen LogP contribution is -2.01. The van der Waals surface area contributed by atoms with Crippen molar-refractivity contribution in [1.29, 1.82) is 0 Å². The van der Waals surface area contributed by atoms with Crippen molar-refractivity contribution in [3.63, 3.8) is 0 Å². The Hall–Kier alpha value is -3.12. The quantitative estimate of drug-likeness (QED) is 0.467. The summed E-state index contributed by atoms with van der Waals surface area (Å²) in [5.41, 5.74) is 6.18. The zero-order chi connectivity index (χ0) is 19.5. The van der Waals surface area contributed by atoms with Crippen molar-refractivity contribution >= 4 is 23.9 Å². The first-order valence-corrected chi connectivity index (χ1v) is 10.8.